The van der Waals surface area contributed by atoms with Gasteiger partial charge >= 0.3 is 0 Å². The van der Waals surface area contributed by atoms with Gasteiger partial charge in [0.25, 0.3) is 0 Å². The number of carbonyl (C=O) groups excluding carboxylic acids is 1. The van der Waals surface area contributed by atoms with Crippen LogP contribution in [0.5, 0.6) is 0 Å². The van der Waals surface area contributed by atoms with Crippen molar-refractivity contribution in [2.45, 2.75) is 31.5 Å². The van der Waals surface area contributed by atoms with E-state index in [9.17, 15) is 4.79 Å². The van der Waals surface area contributed by atoms with E-state index < -0.39 is 0 Å². The zero-order chi connectivity index (χ0) is 18.4. The molecule has 1 aliphatic heterocycles. The Balaban J connectivity index is 1.40. The van der Waals surface area contributed by atoms with Crippen molar-refractivity contribution in [1.82, 2.24) is 24.6 Å². The van der Waals surface area contributed by atoms with Gasteiger partial charge in [-0.3, -0.25) is 9.69 Å². The number of benzene rings is 1. The number of piperazine rings is 1. The number of hydrogen-bond donors (Lipinski definition) is 0. The Morgan fingerprint density at radius 1 is 1.15 bits per heavy atom. The monoisotopic (exact) mass is 373 g/mol. The van der Waals surface area contributed by atoms with E-state index >= 15 is 0 Å². The molecule has 6 nitrogen and oxygen atoms in total. The molecule has 0 saturated carbocycles. The average molecular weight is 374 g/mol. The van der Waals surface area contributed by atoms with Crippen LogP contribution in [0.1, 0.15) is 25.5 Å². The maximum Gasteiger partial charge on any atom is 0.233 e. The van der Waals surface area contributed by atoms with Gasteiger partial charge in [0.1, 0.15) is 6.33 Å². The highest BCUT2D eigenvalue weighted by molar-refractivity contribution is 7.99. The van der Waals surface area contributed by atoms with Gasteiger partial charge in [0.2, 0.25) is 5.91 Å². The van der Waals surface area contributed by atoms with E-state index in [1.807, 2.05) is 9.47 Å². The number of thioether (sulfide) groups is 1. The van der Waals surface area contributed by atoms with Crippen LogP contribution in [0.3, 0.4) is 0 Å². The van der Waals surface area contributed by atoms with Crippen molar-refractivity contribution in [3.63, 3.8) is 0 Å². The van der Waals surface area contributed by atoms with E-state index in [-0.39, 0.29) is 5.91 Å². The van der Waals surface area contributed by atoms with Crippen LogP contribution in [-0.2, 0) is 11.2 Å². The first-order chi connectivity index (χ1) is 12.6. The fourth-order valence-electron chi connectivity index (χ4n) is 3.06. The molecule has 1 saturated heterocycles. The molecule has 0 unspecified atom stereocenters. The van der Waals surface area contributed by atoms with Gasteiger partial charge in [-0.2, -0.15) is 0 Å². The Morgan fingerprint density at radius 3 is 2.58 bits per heavy atom. The van der Waals surface area contributed by atoms with Crippen LogP contribution < -0.4 is 0 Å². The summed E-state index contributed by atoms with van der Waals surface area (Å²) >= 11 is 1.48. The van der Waals surface area contributed by atoms with Gasteiger partial charge in [-0.15, -0.1) is 10.2 Å². The fourth-order valence-corrected chi connectivity index (χ4v) is 4.01. The fraction of sp³-hybridized carbons (Fsp3) is 0.526. The Morgan fingerprint density at radius 2 is 1.88 bits per heavy atom. The smallest absolute Gasteiger partial charge is 0.233 e. The lowest BCUT2D eigenvalue weighted by Gasteiger charge is -2.34. The van der Waals surface area contributed by atoms with Gasteiger partial charge in [0.05, 0.1) is 5.75 Å². The number of nitrogens with zero attached hydrogens (tertiary/aromatic N) is 5. The average Bonchev–Trinajstić information content (AvgIpc) is 3.15. The quantitative estimate of drug-likeness (QED) is 0.697. The molecule has 2 aromatic rings. The van der Waals surface area contributed by atoms with Crippen LogP contribution in [0, 0.1) is 0 Å². The normalized spacial score (nSPS) is 15.6. The molecule has 0 radical (unpaired) electrons. The Hall–Kier alpha value is -1.86. The van der Waals surface area contributed by atoms with Crippen LogP contribution in [0.2, 0.25) is 0 Å². The van der Waals surface area contributed by atoms with E-state index in [1.165, 1.54) is 17.3 Å². The van der Waals surface area contributed by atoms with Crippen LogP contribution in [0.15, 0.2) is 41.8 Å². The molecule has 0 bridgehead atoms. The zero-order valence-electron chi connectivity index (χ0n) is 15.5. The maximum atomic E-state index is 12.5. The van der Waals surface area contributed by atoms with Crippen molar-refractivity contribution in [2.75, 3.05) is 38.5 Å². The summed E-state index contributed by atoms with van der Waals surface area (Å²) < 4.78 is 2.00. The lowest BCUT2D eigenvalue weighted by atomic mass is 10.1. The SMILES string of the molecule is CC(C)n1cnnc1SCC(=O)N1CCN(CCc2ccccc2)CC1. The van der Waals surface area contributed by atoms with Crippen molar-refractivity contribution < 1.29 is 4.79 Å². The number of hydrogen-bond acceptors (Lipinski definition) is 5. The molecular formula is C19H27N5OS. The topological polar surface area (TPSA) is 54.3 Å². The number of rotatable bonds is 7. The molecule has 2 heterocycles. The van der Waals surface area contributed by atoms with E-state index in [0.717, 1.165) is 44.3 Å². The molecule has 26 heavy (non-hydrogen) atoms. The number of amides is 1. The molecule has 0 aliphatic carbocycles. The van der Waals surface area contributed by atoms with Crippen molar-refractivity contribution in [1.29, 1.82) is 0 Å². The van der Waals surface area contributed by atoms with Gasteiger partial charge in [0, 0.05) is 38.8 Å². The minimum Gasteiger partial charge on any atom is -0.339 e. The third-order valence-corrected chi connectivity index (χ3v) is 5.65. The maximum absolute atomic E-state index is 12.5. The Kier molecular flexibility index (Phi) is 6.68. The standard InChI is InChI=1S/C19H27N5OS/c1-16(2)24-15-20-21-19(24)26-14-18(25)23-12-10-22(11-13-23)9-8-17-6-4-3-5-7-17/h3-7,15-16H,8-14H2,1-2H3. The van der Waals surface area contributed by atoms with E-state index in [4.69, 9.17) is 0 Å². The second-order valence-electron chi connectivity index (χ2n) is 6.86. The molecule has 7 heteroatoms. The lowest BCUT2D eigenvalue weighted by Crippen LogP contribution is -2.49. The first-order valence-corrected chi connectivity index (χ1v) is 10.2. The summed E-state index contributed by atoms with van der Waals surface area (Å²) in [6.07, 6.45) is 2.79. The molecular weight excluding hydrogens is 346 g/mol. The Labute approximate surface area is 159 Å². The molecule has 3 rings (SSSR count). The van der Waals surface area contributed by atoms with E-state index in [2.05, 4.69) is 59.3 Å². The highest BCUT2D eigenvalue weighted by Crippen LogP contribution is 2.19. The second kappa shape index (κ2) is 9.19. The molecule has 1 aliphatic rings. The summed E-state index contributed by atoms with van der Waals surface area (Å²) in [5.74, 6) is 0.617. The summed E-state index contributed by atoms with van der Waals surface area (Å²) in [7, 11) is 0. The molecule has 1 aromatic carbocycles. The molecule has 1 aromatic heterocycles. The van der Waals surface area contributed by atoms with Crippen LogP contribution in [0.4, 0.5) is 0 Å². The predicted octanol–water partition coefficient (Wildman–Crippen LogP) is 2.34. The van der Waals surface area contributed by atoms with Gasteiger partial charge in [-0.1, -0.05) is 42.1 Å². The van der Waals surface area contributed by atoms with E-state index in [0.29, 0.717) is 11.8 Å². The third-order valence-electron chi connectivity index (χ3n) is 4.71. The molecule has 0 N–H and O–H groups in total. The first-order valence-electron chi connectivity index (χ1n) is 9.20. The van der Waals surface area contributed by atoms with Gasteiger partial charge in [0.15, 0.2) is 5.16 Å². The van der Waals surface area contributed by atoms with Gasteiger partial charge in [-0.05, 0) is 25.8 Å². The number of carbonyl (C=O) groups is 1. The lowest BCUT2D eigenvalue weighted by molar-refractivity contribution is -0.130. The molecule has 1 amide bonds. The summed E-state index contributed by atoms with van der Waals surface area (Å²) in [5.41, 5.74) is 1.37. The minimum absolute atomic E-state index is 0.191. The van der Waals surface area contributed by atoms with Crippen molar-refractivity contribution in [3.05, 3.63) is 42.2 Å². The Bertz CT molecular complexity index is 695. The predicted molar refractivity (Wildman–Crippen MR) is 104 cm³/mol. The van der Waals surface area contributed by atoms with Gasteiger partial charge in [-0.25, -0.2) is 0 Å². The van der Waals surface area contributed by atoms with Gasteiger partial charge < -0.3 is 9.47 Å². The first kappa shape index (κ1) is 18.9. The highest BCUT2D eigenvalue weighted by Gasteiger charge is 2.21. The summed E-state index contributed by atoms with van der Waals surface area (Å²) in [6, 6.07) is 10.9. The van der Waals surface area contributed by atoms with Crippen molar-refractivity contribution in [3.8, 4) is 0 Å². The molecule has 0 spiro atoms. The summed E-state index contributed by atoms with van der Waals surface area (Å²) in [5, 5.41) is 8.88. The van der Waals surface area contributed by atoms with Crippen LogP contribution in [-0.4, -0.2) is 68.9 Å². The highest BCUT2D eigenvalue weighted by atomic mass is 32.2. The zero-order valence-corrected chi connectivity index (χ0v) is 16.4. The minimum atomic E-state index is 0.191. The van der Waals surface area contributed by atoms with Crippen molar-refractivity contribution in [2.24, 2.45) is 0 Å². The largest absolute Gasteiger partial charge is 0.339 e. The second-order valence-corrected chi connectivity index (χ2v) is 7.80. The molecule has 1 fully saturated rings. The third kappa shape index (κ3) is 5.08. The summed E-state index contributed by atoms with van der Waals surface area (Å²) in [4.78, 5) is 16.9. The number of aromatic nitrogens is 3. The van der Waals surface area contributed by atoms with Crippen molar-refractivity contribution >= 4 is 17.7 Å². The van der Waals surface area contributed by atoms with Crippen LogP contribution in [0.25, 0.3) is 0 Å². The van der Waals surface area contributed by atoms with Crippen LogP contribution >= 0.6 is 11.8 Å². The summed E-state index contributed by atoms with van der Waals surface area (Å²) in [6.45, 7) is 8.75. The molecule has 140 valence electrons. The molecule has 0 atom stereocenters. The van der Waals surface area contributed by atoms with E-state index in [1.54, 1.807) is 6.33 Å².